The van der Waals surface area contributed by atoms with Crippen LogP contribution in [-0.4, -0.2) is 56.5 Å². The summed E-state index contributed by atoms with van der Waals surface area (Å²) >= 11 is 0. The second-order valence-electron chi connectivity index (χ2n) is 6.43. The van der Waals surface area contributed by atoms with Crippen LogP contribution in [0.4, 0.5) is 10.5 Å². The number of nitrogen functional groups attached to an aromatic ring is 1. The molecular weight excluding hydrogens is 318 g/mol. The fourth-order valence-electron chi connectivity index (χ4n) is 1.68. The number of ether oxygens (including phenoxy) is 1. The zero-order chi connectivity index (χ0) is 17.8. The first-order chi connectivity index (χ1) is 10.4. The van der Waals surface area contributed by atoms with E-state index in [9.17, 15) is 13.2 Å². The van der Waals surface area contributed by atoms with Crippen molar-refractivity contribution in [3.05, 3.63) is 24.3 Å². The summed E-state index contributed by atoms with van der Waals surface area (Å²) in [5, 5.41) is 0. The van der Waals surface area contributed by atoms with E-state index < -0.39 is 21.7 Å². The molecule has 7 nitrogen and oxygen atoms in total. The summed E-state index contributed by atoms with van der Waals surface area (Å²) in [6.07, 6.45) is -0.892. The molecule has 0 bridgehead atoms. The van der Waals surface area contributed by atoms with Crippen molar-refractivity contribution in [1.29, 1.82) is 0 Å². The lowest BCUT2D eigenvalue weighted by Crippen LogP contribution is -2.43. The monoisotopic (exact) mass is 343 g/mol. The second kappa shape index (κ2) is 7.18. The van der Waals surface area contributed by atoms with Crippen LogP contribution in [0.3, 0.4) is 0 Å². The number of rotatable bonds is 5. The highest BCUT2D eigenvalue weighted by atomic mass is 32.2. The van der Waals surface area contributed by atoms with Gasteiger partial charge in [-0.05, 0) is 59.1 Å². The van der Waals surface area contributed by atoms with E-state index in [2.05, 4.69) is 0 Å². The fourth-order valence-corrected chi connectivity index (χ4v) is 2.97. The van der Waals surface area contributed by atoms with E-state index in [1.54, 1.807) is 39.8 Å². The Morgan fingerprint density at radius 1 is 1.13 bits per heavy atom. The summed E-state index contributed by atoms with van der Waals surface area (Å²) in [6.45, 7) is 5.43. The van der Waals surface area contributed by atoms with Gasteiger partial charge >= 0.3 is 6.09 Å². The number of carbonyl (C=O) groups excluding carboxylic acids is 1. The summed E-state index contributed by atoms with van der Waals surface area (Å²) in [4.78, 5) is 14.1. The van der Waals surface area contributed by atoms with E-state index in [1.807, 2.05) is 0 Å². The molecule has 0 saturated heterocycles. The molecule has 0 aliphatic heterocycles. The van der Waals surface area contributed by atoms with Crippen molar-refractivity contribution in [2.75, 3.05) is 32.9 Å². The predicted molar refractivity (Wildman–Crippen MR) is 89.5 cm³/mol. The number of benzene rings is 1. The van der Waals surface area contributed by atoms with Gasteiger partial charge in [0, 0.05) is 12.2 Å². The van der Waals surface area contributed by atoms with Crippen LogP contribution in [0.15, 0.2) is 29.2 Å². The molecule has 130 valence electrons. The van der Waals surface area contributed by atoms with Crippen molar-refractivity contribution >= 4 is 21.8 Å². The topological polar surface area (TPSA) is 92.9 Å². The quantitative estimate of drug-likeness (QED) is 0.819. The fraction of sp³-hybridized carbons (Fsp3) is 0.533. The van der Waals surface area contributed by atoms with Crippen LogP contribution in [0.5, 0.6) is 0 Å². The molecule has 0 unspecified atom stereocenters. The van der Waals surface area contributed by atoms with Crippen LogP contribution >= 0.6 is 0 Å². The van der Waals surface area contributed by atoms with Crippen molar-refractivity contribution in [1.82, 2.24) is 9.21 Å². The lowest BCUT2D eigenvalue weighted by atomic mass is 10.2. The Balaban J connectivity index is 3.16. The second-order valence-corrected chi connectivity index (χ2v) is 8.29. The molecule has 0 saturated carbocycles. The van der Waals surface area contributed by atoms with Crippen molar-refractivity contribution in [2.24, 2.45) is 0 Å². The summed E-state index contributed by atoms with van der Waals surface area (Å²) in [5.74, 6) is 0. The van der Waals surface area contributed by atoms with Gasteiger partial charge in [0.05, 0.1) is 11.4 Å². The summed E-state index contributed by atoms with van der Waals surface area (Å²) < 4.78 is 31.5. The van der Waals surface area contributed by atoms with E-state index in [0.717, 1.165) is 4.31 Å². The highest BCUT2D eigenvalue weighted by molar-refractivity contribution is 7.89. The maximum Gasteiger partial charge on any atom is 0.424 e. The van der Waals surface area contributed by atoms with Crippen LogP contribution < -0.4 is 5.73 Å². The highest BCUT2D eigenvalue weighted by Gasteiger charge is 2.32. The smallest absolute Gasteiger partial charge is 0.424 e. The molecule has 0 heterocycles. The van der Waals surface area contributed by atoms with Crippen LogP contribution in [0, 0.1) is 0 Å². The average Bonchev–Trinajstić information content (AvgIpc) is 2.36. The first-order valence-corrected chi connectivity index (χ1v) is 8.63. The third-order valence-corrected chi connectivity index (χ3v) is 4.60. The number of nitrogens with two attached hydrogens (primary N) is 1. The van der Waals surface area contributed by atoms with Crippen LogP contribution in [0.2, 0.25) is 0 Å². The van der Waals surface area contributed by atoms with Gasteiger partial charge in [-0.3, -0.25) is 0 Å². The van der Waals surface area contributed by atoms with Gasteiger partial charge in [-0.2, -0.15) is 4.31 Å². The molecule has 1 aromatic carbocycles. The molecule has 1 amide bonds. The number of carbonyl (C=O) groups is 1. The lowest BCUT2D eigenvalue weighted by molar-refractivity contribution is 0.0385. The van der Waals surface area contributed by atoms with Crippen LogP contribution in [0.1, 0.15) is 20.8 Å². The average molecular weight is 343 g/mol. The molecular formula is C15H25N3O4S. The van der Waals surface area contributed by atoms with Gasteiger partial charge in [0.15, 0.2) is 0 Å². The van der Waals surface area contributed by atoms with Gasteiger partial charge in [-0.1, -0.05) is 0 Å². The molecule has 2 N–H and O–H groups in total. The number of anilines is 1. The third-order valence-electron chi connectivity index (χ3n) is 2.82. The Bertz CT molecular complexity index is 634. The van der Waals surface area contributed by atoms with Gasteiger partial charge in [0.1, 0.15) is 5.60 Å². The molecule has 0 atom stereocenters. The molecule has 1 aromatic rings. The number of hydrogen-bond acceptors (Lipinski definition) is 6. The van der Waals surface area contributed by atoms with Gasteiger partial charge in [-0.25, -0.2) is 13.2 Å². The van der Waals surface area contributed by atoms with Crippen molar-refractivity contribution in [3.63, 3.8) is 0 Å². The Kier molecular flexibility index (Phi) is 6.01. The molecule has 0 aromatic heterocycles. The molecule has 1 rings (SSSR count). The molecule has 0 aliphatic rings. The minimum absolute atomic E-state index is 0.00341. The molecule has 8 heteroatoms. The first kappa shape index (κ1) is 19.2. The highest BCUT2D eigenvalue weighted by Crippen LogP contribution is 2.20. The number of nitrogens with zero attached hydrogens (tertiary/aromatic N) is 2. The Morgan fingerprint density at radius 3 is 2.09 bits per heavy atom. The zero-order valence-corrected chi connectivity index (χ0v) is 15.1. The molecule has 0 spiro atoms. The lowest BCUT2D eigenvalue weighted by Gasteiger charge is -2.27. The summed E-state index contributed by atoms with van der Waals surface area (Å²) in [7, 11) is -0.419. The number of sulfonamides is 1. The van der Waals surface area contributed by atoms with Crippen LogP contribution in [0.25, 0.3) is 0 Å². The molecule has 0 fully saturated rings. The Morgan fingerprint density at radius 2 is 1.65 bits per heavy atom. The van der Waals surface area contributed by atoms with Gasteiger partial charge < -0.3 is 15.4 Å². The minimum atomic E-state index is -4.01. The largest absolute Gasteiger partial charge is 0.443 e. The van der Waals surface area contributed by atoms with Gasteiger partial charge in [0.2, 0.25) is 0 Å². The molecule has 0 aliphatic carbocycles. The van der Waals surface area contributed by atoms with Gasteiger partial charge in [0.25, 0.3) is 10.0 Å². The number of hydrogen-bond donors (Lipinski definition) is 1. The SMILES string of the molecule is CN(C)CCN(C(=O)OC(C)(C)C)S(=O)(=O)c1ccc(N)cc1. The Hall–Kier alpha value is -1.80. The predicted octanol–water partition coefficient (Wildman–Crippen LogP) is 1.76. The van der Waals surface area contributed by atoms with Crippen molar-refractivity contribution in [3.8, 4) is 0 Å². The van der Waals surface area contributed by atoms with Crippen LogP contribution in [-0.2, 0) is 14.8 Å². The molecule has 0 radical (unpaired) electrons. The van der Waals surface area contributed by atoms with E-state index in [1.165, 1.54) is 24.3 Å². The van der Waals surface area contributed by atoms with E-state index >= 15 is 0 Å². The maximum absolute atomic E-state index is 12.7. The van der Waals surface area contributed by atoms with Gasteiger partial charge in [-0.15, -0.1) is 0 Å². The maximum atomic E-state index is 12.7. The van der Waals surface area contributed by atoms with E-state index in [0.29, 0.717) is 12.2 Å². The van der Waals surface area contributed by atoms with Crippen molar-refractivity contribution < 1.29 is 17.9 Å². The standard InChI is InChI=1S/C15H25N3O4S/c1-15(2,3)22-14(19)18(11-10-17(4)5)23(20,21)13-8-6-12(16)7-9-13/h6-9H,10-11,16H2,1-5H3. The minimum Gasteiger partial charge on any atom is -0.443 e. The summed E-state index contributed by atoms with van der Waals surface area (Å²) in [6, 6.07) is 5.70. The van der Waals surface area contributed by atoms with Crippen molar-refractivity contribution in [2.45, 2.75) is 31.3 Å². The van der Waals surface area contributed by atoms with E-state index in [-0.39, 0.29) is 11.4 Å². The Labute approximate surface area is 138 Å². The number of likely N-dealkylation sites (N-methyl/N-ethyl adjacent to an activating group) is 1. The normalized spacial score (nSPS) is 12.3. The molecule has 23 heavy (non-hydrogen) atoms. The number of amides is 1. The van der Waals surface area contributed by atoms with E-state index in [4.69, 9.17) is 10.5 Å². The summed E-state index contributed by atoms with van der Waals surface area (Å²) in [5.41, 5.74) is 5.24. The first-order valence-electron chi connectivity index (χ1n) is 7.19. The third kappa shape index (κ3) is 5.72. The zero-order valence-electron chi connectivity index (χ0n) is 14.2.